The minimum absolute atomic E-state index is 0.00196. The van der Waals surface area contributed by atoms with Crippen LogP contribution in [0.25, 0.3) is 6.08 Å². The molecule has 0 unspecified atom stereocenters. The lowest BCUT2D eigenvalue weighted by molar-refractivity contribution is -0.139. The molecule has 0 radical (unpaired) electrons. The number of esters is 1. The maximum Gasteiger partial charge on any atom is 0.338 e. The largest absolute Gasteiger partial charge is 0.507 e. The van der Waals surface area contributed by atoms with Crippen molar-refractivity contribution in [3.63, 3.8) is 0 Å². The van der Waals surface area contributed by atoms with Crippen LogP contribution < -0.4 is 14.9 Å². The van der Waals surface area contributed by atoms with Crippen molar-refractivity contribution in [2.45, 2.75) is 19.9 Å². The summed E-state index contributed by atoms with van der Waals surface area (Å²) in [5.41, 5.74) is 1.53. The minimum atomic E-state index is -0.724. The molecular formula is C23H18Cl2N2O4S. The fourth-order valence-corrected chi connectivity index (χ4v) is 4.88. The molecule has 0 aliphatic carbocycles. The van der Waals surface area contributed by atoms with Gasteiger partial charge < -0.3 is 9.84 Å². The van der Waals surface area contributed by atoms with Crippen molar-refractivity contribution in [3.8, 4) is 5.75 Å². The highest BCUT2D eigenvalue weighted by Gasteiger charge is 2.33. The molecule has 4 rings (SSSR count). The average molecular weight is 489 g/mol. The van der Waals surface area contributed by atoms with Crippen LogP contribution >= 0.6 is 34.5 Å². The molecule has 1 aromatic heterocycles. The summed E-state index contributed by atoms with van der Waals surface area (Å²) in [6.45, 7) is 3.63. The summed E-state index contributed by atoms with van der Waals surface area (Å²) < 4.78 is 7.08. The van der Waals surface area contributed by atoms with Gasteiger partial charge in [0.05, 0.1) is 28.5 Å². The Morgan fingerprint density at radius 2 is 1.91 bits per heavy atom. The van der Waals surface area contributed by atoms with Gasteiger partial charge in [0.1, 0.15) is 5.75 Å². The fourth-order valence-electron chi connectivity index (χ4n) is 3.53. The number of aromatic nitrogens is 1. The zero-order valence-electron chi connectivity index (χ0n) is 17.1. The van der Waals surface area contributed by atoms with Gasteiger partial charge in [0.25, 0.3) is 5.56 Å². The second-order valence-electron chi connectivity index (χ2n) is 7.06. The van der Waals surface area contributed by atoms with Gasteiger partial charge in [-0.15, -0.1) is 0 Å². The number of thiazole rings is 1. The molecule has 2 aromatic carbocycles. The van der Waals surface area contributed by atoms with Gasteiger partial charge in [-0.05, 0) is 55.8 Å². The minimum Gasteiger partial charge on any atom is -0.507 e. The lowest BCUT2D eigenvalue weighted by Crippen LogP contribution is -2.39. The van der Waals surface area contributed by atoms with E-state index in [1.54, 1.807) is 56.3 Å². The van der Waals surface area contributed by atoms with E-state index in [9.17, 15) is 14.7 Å². The van der Waals surface area contributed by atoms with Crippen LogP contribution in [0, 0.1) is 0 Å². The predicted molar refractivity (Wildman–Crippen MR) is 125 cm³/mol. The summed E-state index contributed by atoms with van der Waals surface area (Å²) in [5, 5.41) is 11.1. The first kappa shape index (κ1) is 22.3. The van der Waals surface area contributed by atoms with Crippen molar-refractivity contribution < 1.29 is 14.6 Å². The molecule has 9 heteroatoms. The van der Waals surface area contributed by atoms with Crippen LogP contribution in [0.5, 0.6) is 5.75 Å². The van der Waals surface area contributed by atoms with E-state index in [1.165, 1.54) is 22.0 Å². The summed E-state index contributed by atoms with van der Waals surface area (Å²) >= 11 is 13.3. The number of phenolic OH excluding ortho intramolecular Hbond substituents is 1. The van der Waals surface area contributed by atoms with Gasteiger partial charge in [-0.1, -0.05) is 46.7 Å². The number of ether oxygens (including phenoxy) is 1. The van der Waals surface area contributed by atoms with Crippen LogP contribution in [0.2, 0.25) is 10.0 Å². The van der Waals surface area contributed by atoms with Crippen molar-refractivity contribution in [2.75, 3.05) is 6.61 Å². The van der Waals surface area contributed by atoms with Crippen molar-refractivity contribution >= 4 is 46.6 Å². The van der Waals surface area contributed by atoms with Crippen LogP contribution in [0.4, 0.5) is 0 Å². The van der Waals surface area contributed by atoms with E-state index in [2.05, 4.69) is 4.99 Å². The zero-order chi connectivity index (χ0) is 23.0. The van der Waals surface area contributed by atoms with E-state index in [1.807, 2.05) is 0 Å². The molecule has 0 spiro atoms. The van der Waals surface area contributed by atoms with E-state index >= 15 is 0 Å². The molecule has 0 amide bonds. The lowest BCUT2D eigenvalue weighted by Gasteiger charge is -2.24. The Labute approximate surface area is 197 Å². The normalized spacial score (nSPS) is 16.0. The molecule has 1 N–H and O–H groups in total. The van der Waals surface area contributed by atoms with Crippen molar-refractivity contribution in [3.05, 3.63) is 94.6 Å². The van der Waals surface area contributed by atoms with E-state index < -0.39 is 12.0 Å². The monoisotopic (exact) mass is 488 g/mol. The number of halogens is 2. The van der Waals surface area contributed by atoms with Gasteiger partial charge in [0.2, 0.25) is 0 Å². The molecule has 1 atom stereocenters. The van der Waals surface area contributed by atoms with Crippen molar-refractivity contribution in [1.82, 2.24) is 4.57 Å². The third-order valence-electron chi connectivity index (χ3n) is 4.98. The summed E-state index contributed by atoms with van der Waals surface area (Å²) in [4.78, 5) is 31.2. The topological polar surface area (TPSA) is 80.9 Å². The maximum absolute atomic E-state index is 13.5. The average Bonchev–Trinajstić information content (AvgIpc) is 3.05. The molecule has 0 fully saturated rings. The first-order chi connectivity index (χ1) is 15.3. The molecule has 0 saturated heterocycles. The Morgan fingerprint density at radius 1 is 1.22 bits per heavy atom. The second kappa shape index (κ2) is 8.94. The Morgan fingerprint density at radius 3 is 2.59 bits per heavy atom. The number of fused-ring (bicyclic) bond motifs is 1. The second-order valence-corrected chi connectivity index (χ2v) is 8.94. The van der Waals surface area contributed by atoms with Gasteiger partial charge in [-0.2, -0.15) is 0 Å². The van der Waals surface area contributed by atoms with E-state index in [0.717, 1.165) is 0 Å². The molecule has 2 heterocycles. The number of benzene rings is 2. The first-order valence-corrected chi connectivity index (χ1v) is 11.3. The number of nitrogens with zero attached hydrogens (tertiary/aromatic N) is 2. The Bertz CT molecular complexity index is 1420. The SMILES string of the molecule is CCOC(=O)C1=C(C)N=c2s/c(=C/c3cc(Cl)ccc3O)c(=O)n2[C@H]1c1ccc(Cl)cc1. The van der Waals surface area contributed by atoms with E-state index in [-0.39, 0.29) is 17.9 Å². The fraction of sp³-hybridized carbons (Fsp3) is 0.174. The summed E-state index contributed by atoms with van der Waals surface area (Å²) in [5.74, 6) is -0.534. The predicted octanol–water partition coefficient (Wildman–Crippen LogP) is 3.81. The molecule has 0 bridgehead atoms. The molecule has 1 aliphatic heterocycles. The molecular weight excluding hydrogens is 471 g/mol. The number of hydrogen-bond donors (Lipinski definition) is 1. The number of carbonyl (C=O) groups excluding carboxylic acids is 1. The Hall–Kier alpha value is -2.87. The van der Waals surface area contributed by atoms with Crippen LogP contribution in [0.15, 0.2) is 63.5 Å². The Balaban J connectivity index is 1.97. The quantitative estimate of drug-likeness (QED) is 0.566. The van der Waals surface area contributed by atoms with Gasteiger partial charge in [0, 0.05) is 15.6 Å². The van der Waals surface area contributed by atoms with Gasteiger partial charge in [-0.3, -0.25) is 9.36 Å². The highest BCUT2D eigenvalue weighted by molar-refractivity contribution is 7.07. The van der Waals surface area contributed by atoms with Gasteiger partial charge >= 0.3 is 5.97 Å². The third-order valence-corrected chi connectivity index (χ3v) is 6.45. The summed E-state index contributed by atoms with van der Waals surface area (Å²) in [7, 11) is 0. The van der Waals surface area contributed by atoms with Gasteiger partial charge in [-0.25, -0.2) is 9.79 Å². The Kier molecular flexibility index (Phi) is 6.24. The van der Waals surface area contributed by atoms with Crippen molar-refractivity contribution in [1.29, 1.82) is 0 Å². The molecule has 1 aliphatic rings. The van der Waals surface area contributed by atoms with Crippen LogP contribution in [0.1, 0.15) is 31.0 Å². The lowest BCUT2D eigenvalue weighted by atomic mass is 9.96. The van der Waals surface area contributed by atoms with Gasteiger partial charge in [0.15, 0.2) is 4.80 Å². The molecule has 0 saturated carbocycles. The number of allylic oxidation sites excluding steroid dienone is 1. The van der Waals surface area contributed by atoms with E-state index in [4.69, 9.17) is 27.9 Å². The highest BCUT2D eigenvalue weighted by atomic mass is 35.5. The summed E-state index contributed by atoms with van der Waals surface area (Å²) in [6, 6.07) is 10.8. The number of rotatable bonds is 4. The number of carbonyl (C=O) groups is 1. The first-order valence-electron chi connectivity index (χ1n) is 9.73. The zero-order valence-corrected chi connectivity index (χ0v) is 19.5. The number of phenols is 1. The number of aromatic hydroxyl groups is 1. The van der Waals surface area contributed by atoms with Crippen LogP contribution in [0.3, 0.4) is 0 Å². The molecule has 3 aromatic rings. The molecule has 32 heavy (non-hydrogen) atoms. The highest BCUT2D eigenvalue weighted by Crippen LogP contribution is 2.31. The molecule has 6 nitrogen and oxygen atoms in total. The smallest absolute Gasteiger partial charge is 0.338 e. The summed E-state index contributed by atoms with van der Waals surface area (Å²) in [6.07, 6.45) is 1.56. The van der Waals surface area contributed by atoms with Crippen LogP contribution in [-0.4, -0.2) is 22.2 Å². The number of hydrogen-bond acceptors (Lipinski definition) is 6. The maximum atomic E-state index is 13.5. The standard InChI is InChI=1S/C23H18Cl2N2O4S/c1-3-31-22(30)19-12(2)26-23-27(20(19)13-4-6-15(24)7-5-13)21(29)18(32-23)11-14-10-16(25)8-9-17(14)28/h4-11,20,28H,3H2,1-2H3/b18-11+/t20-/m0/s1. The van der Waals surface area contributed by atoms with Crippen molar-refractivity contribution in [2.24, 2.45) is 4.99 Å². The molecule has 164 valence electrons. The van der Waals surface area contributed by atoms with E-state index in [0.29, 0.717) is 41.8 Å². The van der Waals surface area contributed by atoms with Crippen LogP contribution in [-0.2, 0) is 9.53 Å². The third kappa shape index (κ3) is 4.11.